The molecule has 0 aromatic rings. The Morgan fingerprint density at radius 3 is 2.87 bits per heavy atom. The van der Waals surface area contributed by atoms with E-state index < -0.39 is 0 Å². The molecule has 0 spiro atoms. The molecule has 1 heterocycles. The number of thioether (sulfide) groups is 1. The molecule has 0 radical (unpaired) electrons. The van der Waals surface area contributed by atoms with Crippen LogP contribution in [0.2, 0.25) is 0 Å². The maximum atomic E-state index is 11.5. The van der Waals surface area contributed by atoms with Gasteiger partial charge in [0.2, 0.25) is 5.91 Å². The van der Waals surface area contributed by atoms with Gasteiger partial charge in [-0.2, -0.15) is 11.8 Å². The first kappa shape index (κ1) is 12.8. The highest BCUT2D eigenvalue weighted by atomic mass is 32.2. The van der Waals surface area contributed by atoms with Crippen LogP contribution in [0, 0.1) is 0 Å². The number of likely N-dealkylation sites (N-methyl/N-ethyl adjacent to an activating group) is 1. The minimum absolute atomic E-state index is 0.0806. The first-order valence-electron chi connectivity index (χ1n) is 5.72. The Labute approximate surface area is 96.8 Å². The molecule has 2 unspecified atom stereocenters. The van der Waals surface area contributed by atoms with Gasteiger partial charge in [-0.1, -0.05) is 0 Å². The van der Waals surface area contributed by atoms with E-state index in [1.807, 2.05) is 25.6 Å². The van der Waals surface area contributed by atoms with E-state index in [9.17, 15) is 4.79 Å². The number of rotatable bonds is 5. The van der Waals surface area contributed by atoms with Gasteiger partial charge in [-0.15, -0.1) is 0 Å². The molecule has 2 N–H and O–H groups in total. The van der Waals surface area contributed by atoms with E-state index in [-0.39, 0.29) is 11.9 Å². The van der Waals surface area contributed by atoms with Crippen LogP contribution < -0.4 is 10.6 Å². The van der Waals surface area contributed by atoms with Gasteiger partial charge in [0.05, 0.1) is 6.04 Å². The van der Waals surface area contributed by atoms with Crippen molar-refractivity contribution >= 4 is 17.7 Å². The number of carbonyl (C=O) groups is 1. The van der Waals surface area contributed by atoms with Gasteiger partial charge in [0.1, 0.15) is 0 Å². The summed E-state index contributed by atoms with van der Waals surface area (Å²) >= 11 is 2.02. The van der Waals surface area contributed by atoms with Crippen molar-refractivity contribution in [1.82, 2.24) is 10.6 Å². The van der Waals surface area contributed by atoms with Crippen LogP contribution in [0.5, 0.6) is 0 Å². The lowest BCUT2D eigenvalue weighted by Gasteiger charge is -2.25. The summed E-state index contributed by atoms with van der Waals surface area (Å²) in [7, 11) is 0. The predicted molar refractivity (Wildman–Crippen MR) is 66.2 cm³/mol. The van der Waals surface area contributed by atoms with Crippen molar-refractivity contribution in [1.29, 1.82) is 0 Å². The van der Waals surface area contributed by atoms with Crippen LogP contribution in [-0.2, 0) is 4.79 Å². The maximum absolute atomic E-state index is 11.5. The van der Waals surface area contributed by atoms with Crippen molar-refractivity contribution in [2.75, 3.05) is 18.8 Å². The highest BCUT2D eigenvalue weighted by Crippen LogP contribution is 2.36. The third kappa shape index (κ3) is 4.03. The van der Waals surface area contributed by atoms with E-state index in [1.54, 1.807) is 0 Å². The summed E-state index contributed by atoms with van der Waals surface area (Å²) < 4.78 is 0.334. The molecular formula is C11H22N2OS. The highest BCUT2D eigenvalue weighted by Gasteiger charge is 2.29. The standard InChI is InChI=1S/C11H22N2OS/c1-4-12-10(14)9(2)13-8-11(3)6-5-7-15-11/h9,13H,4-8H2,1-3H3,(H,12,14). The fourth-order valence-corrected chi connectivity index (χ4v) is 3.02. The molecule has 88 valence electrons. The fourth-order valence-electron chi connectivity index (χ4n) is 1.77. The van der Waals surface area contributed by atoms with Gasteiger partial charge in [0.25, 0.3) is 0 Å². The largest absolute Gasteiger partial charge is 0.355 e. The third-order valence-electron chi connectivity index (χ3n) is 2.83. The topological polar surface area (TPSA) is 41.1 Å². The molecule has 0 aliphatic carbocycles. The second-order valence-electron chi connectivity index (χ2n) is 4.40. The summed E-state index contributed by atoms with van der Waals surface area (Å²) in [5, 5.41) is 6.14. The average molecular weight is 230 g/mol. The summed E-state index contributed by atoms with van der Waals surface area (Å²) in [6.07, 6.45) is 2.56. The minimum atomic E-state index is -0.0806. The van der Waals surface area contributed by atoms with E-state index in [4.69, 9.17) is 0 Å². The molecule has 0 aromatic heterocycles. The third-order valence-corrected chi connectivity index (χ3v) is 4.37. The van der Waals surface area contributed by atoms with E-state index >= 15 is 0 Å². The van der Waals surface area contributed by atoms with Crippen molar-refractivity contribution in [3.63, 3.8) is 0 Å². The lowest BCUT2D eigenvalue weighted by atomic mass is 10.1. The smallest absolute Gasteiger partial charge is 0.236 e. The highest BCUT2D eigenvalue weighted by molar-refractivity contribution is 8.00. The zero-order chi connectivity index (χ0) is 11.3. The van der Waals surface area contributed by atoms with Crippen molar-refractivity contribution in [3.05, 3.63) is 0 Å². The average Bonchev–Trinajstić information content (AvgIpc) is 2.63. The van der Waals surface area contributed by atoms with E-state index in [0.29, 0.717) is 11.3 Å². The van der Waals surface area contributed by atoms with Gasteiger partial charge in [0.15, 0.2) is 0 Å². The molecule has 0 saturated carbocycles. The van der Waals surface area contributed by atoms with Crippen molar-refractivity contribution in [2.24, 2.45) is 0 Å². The lowest BCUT2D eigenvalue weighted by Crippen LogP contribution is -2.46. The van der Waals surface area contributed by atoms with Crippen LogP contribution in [0.15, 0.2) is 0 Å². The molecule has 1 amide bonds. The molecule has 0 bridgehead atoms. The molecule has 1 saturated heterocycles. The van der Waals surface area contributed by atoms with Crippen LogP contribution in [0.4, 0.5) is 0 Å². The van der Waals surface area contributed by atoms with Crippen LogP contribution in [0.1, 0.15) is 33.6 Å². The Bertz CT molecular complexity index is 215. The summed E-state index contributed by atoms with van der Waals surface area (Å²) in [6, 6.07) is -0.0806. The molecule has 1 aliphatic rings. The fraction of sp³-hybridized carbons (Fsp3) is 0.909. The van der Waals surface area contributed by atoms with Crippen molar-refractivity contribution in [3.8, 4) is 0 Å². The van der Waals surface area contributed by atoms with Gasteiger partial charge in [0, 0.05) is 17.8 Å². The van der Waals surface area contributed by atoms with Gasteiger partial charge in [-0.3, -0.25) is 4.79 Å². The Balaban J connectivity index is 2.26. The van der Waals surface area contributed by atoms with Crippen LogP contribution in [-0.4, -0.2) is 35.5 Å². The molecule has 1 aliphatic heterocycles. The van der Waals surface area contributed by atoms with Crippen molar-refractivity contribution < 1.29 is 4.79 Å². The molecule has 15 heavy (non-hydrogen) atoms. The zero-order valence-electron chi connectivity index (χ0n) is 9.93. The minimum Gasteiger partial charge on any atom is -0.355 e. The Morgan fingerprint density at radius 2 is 2.33 bits per heavy atom. The second-order valence-corrected chi connectivity index (χ2v) is 6.08. The van der Waals surface area contributed by atoms with Crippen LogP contribution in [0.25, 0.3) is 0 Å². The number of nitrogens with one attached hydrogen (secondary N) is 2. The molecular weight excluding hydrogens is 208 g/mol. The molecule has 0 aromatic carbocycles. The van der Waals surface area contributed by atoms with Gasteiger partial charge in [-0.25, -0.2) is 0 Å². The Kier molecular flexibility index (Phi) is 4.93. The molecule has 4 heteroatoms. The van der Waals surface area contributed by atoms with Gasteiger partial charge < -0.3 is 10.6 Å². The predicted octanol–water partition coefficient (Wildman–Crippen LogP) is 1.39. The first-order chi connectivity index (χ1) is 7.07. The monoisotopic (exact) mass is 230 g/mol. The number of hydrogen-bond donors (Lipinski definition) is 2. The first-order valence-corrected chi connectivity index (χ1v) is 6.71. The summed E-state index contributed by atoms with van der Waals surface area (Å²) in [5.41, 5.74) is 0. The lowest BCUT2D eigenvalue weighted by molar-refractivity contribution is -0.122. The summed E-state index contributed by atoms with van der Waals surface area (Å²) in [4.78, 5) is 11.5. The molecule has 1 fully saturated rings. The van der Waals surface area contributed by atoms with E-state index in [0.717, 1.165) is 6.54 Å². The Hall–Kier alpha value is -0.220. The quantitative estimate of drug-likeness (QED) is 0.750. The maximum Gasteiger partial charge on any atom is 0.236 e. The molecule has 2 atom stereocenters. The Morgan fingerprint density at radius 1 is 1.60 bits per heavy atom. The van der Waals surface area contributed by atoms with Crippen LogP contribution >= 0.6 is 11.8 Å². The summed E-state index contributed by atoms with van der Waals surface area (Å²) in [6.45, 7) is 7.78. The van der Waals surface area contributed by atoms with E-state index in [2.05, 4.69) is 17.6 Å². The SMILES string of the molecule is CCNC(=O)C(C)NCC1(C)CCCS1. The van der Waals surface area contributed by atoms with Crippen molar-refractivity contribution in [2.45, 2.75) is 44.4 Å². The van der Waals surface area contributed by atoms with E-state index in [1.165, 1.54) is 18.6 Å². The van der Waals surface area contributed by atoms with Gasteiger partial charge >= 0.3 is 0 Å². The second kappa shape index (κ2) is 5.75. The number of hydrogen-bond acceptors (Lipinski definition) is 3. The molecule has 3 nitrogen and oxygen atoms in total. The molecule has 1 rings (SSSR count). The van der Waals surface area contributed by atoms with Crippen LogP contribution in [0.3, 0.4) is 0 Å². The number of amides is 1. The zero-order valence-corrected chi connectivity index (χ0v) is 10.7. The van der Waals surface area contributed by atoms with Gasteiger partial charge in [-0.05, 0) is 39.4 Å². The number of carbonyl (C=O) groups excluding carboxylic acids is 1. The normalized spacial score (nSPS) is 27.7. The summed E-state index contributed by atoms with van der Waals surface area (Å²) in [5.74, 6) is 1.36.